The Morgan fingerprint density at radius 2 is 2.07 bits per heavy atom. The number of anilines is 2. The highest BCUT2D eigenvalue weighted by molar-refractivity contribution is 5.92. The van der Waals surface area contributed by atoms with Gasteiger partial charge in [0.25, 0.3) is 5.91 Å². The van der Waals surface area contributed by atoms with Crippen LogP contribution >= 0.6 is 0 Å². The lowest BCUT2D eigenvalue weighted by Crippen LogP contribution is -2.18. The molecule has 0 fully saturated rings. The van der Waals surface area contributed by atoms with Gasteiger partial charge in [-0.2, -0.15) is 0 Å². The molecule has 0 unspecified atom stereocenters. The average Bonchev–Trinajstić information content (AvgIpc) is 3.11. The molecule has 0 saturated heterocycles. The summed E-state index contributed by atoms with van der Waals surface area (Å²) in [5, 5.41) is 5.64. The highest BCUT2D eigenvalue weighted by Gasteiger charge is 2.09. The fourth-order valence-corrected chi connectivity index (χ4v) is 2.73. The van der Waals surface area contributed by atoms with Crippen molar-refractivity contribution in [2.45, 2.75) is 6.92 Å². The first-order valence-corrected chi connectivity index (χ1v) is 8.75. The third-order valence-electron chi connectivity index (χ3n) is 4.17. The van der Waals surface area contributed by atoms with Crippen molar-refractivity contribution >= 4 is 28.6 Å². The first-order chi connectivity index (χ1) is 14.0. The summed E-state index contributed by atoms with van der Waals surface area (Å²) in [6.07, 6.45) is 1.49. The van der Waals surface area contributed by atoms with Crippen LogP contribution in [-0.2, 0) is 0 Å². The van der Waals surface area contributed by atoms with Gasteiger partial charge in [-0.05, 0) is 48.9 Å². The van der Waals surface area contributed by atoms with Gasteiger partial charge in [0, 0.05) is 31.1 Å². The predicted octanol–water partition coefficient (Wildman–Crippen LogP) is 3.90. The maximum Gasteiger partial charge on any atom is 0.269 e. The number of rotatable bonds is 5. The number of halogens is 1. The minimum absolute atomic E-state index is 0.246. The van der Waals surface area contributed by atoms with Gasteiger partial charge in [-0.15, -0.1) is 0 Å². The smallest absolute Gasteiger partial charge is 0.269 e. The Bertz CT molecular complexity index is 1200. The number of amides is 1. The summed E-state index contributed by atoms with van der Waals surface area (Å²) in [5.74, 6) is 0.724. The number of imidazole rings is 1. The van der Waals surface area contributed by atoms with Crippen LogP contribution in [0.1, 0.15) is 16.1 Å². The molecule has 0 aliphatic heterocycles. The van der Waals surface area contributed by atoms with Gasteiger partial charge >= 0.3 is 0 Å². The van der Waals surface area contributed by atoms with Crippen LogP contribution in [0.15, 0.2) is 42.6 Å². The number of fused-ring (bicyclic) bond motifs is 1. The number of pyridine rings is 1. The lowest BCUT2D eigenvalue weighted by atomic mass is 10.2. The predicted molar refractivity (Wildman–Crippen MR) is 106 cm³/mol. The van der Waals surface area contributed by atoms with Gasteiger partial charge in [0.1, 0.15) is 28.3 Å². The highest BCUT2D eigenvalue weighted by Crippen LogP contribution is 2.25. The van der Waals surface area contributed by atoms with E-state index in [9.17, 15) is 9.18 Å². The van der Waals surface area contributed by atoms with Crippen LogP contribution in [0, 0.1) is 24.9 Å². The minimum atomic E-state index is -0.305. The molecule has 0 radical (unpaired) electrons. The van der Waals surface area contributed by atoms with Gasteiger partial charge in [-0.25, -0.2) is 9.37 Å². The number of H-pyrrole nitrogens is 1. The van der Waals surface area contributed by atoms with Crippen LogP contribution in [0.25, 0.3) is 11.0 Å². The van der Waals surface area contributed by atoms with E-state index in [1.54, 1.807) is 18.2 Å². The largest absolute Gasteiger partial charge is 0.448 e. The molecule has 144 valence electrons. The molecule has 3 N–H and O–H groups in total. The molecule has 7 nitrogen and oxygen atoms in total. The third-order valence-corrected chi connectivity index (χ3v) is 4.17. The van der Waals surface area contributed by atoms with Gasteiger partial charge < -0.3 is 20.4 Å². The Hall–Kier alpha value is -4.12. The zero-order chi connectivity index (χ0) is 20.4. The van der Waals surface area contributed by atoms with Gasteiger partial charge in [0.2, 0.25) is 5.95 Å². The number of ether oxygens (including phenoxy) is 1. The number of carbonyl (C=O) groups excluding carboxylic acids is 1. The van der Waals surface area contributed by atoms with Crippen molar-refractivity contribution in [2.24, 2.45) is 0 Å². The molecule has 0 aliphatic rings. The number of aryl methyl sites for hydroxylation is 1. The van der Waals surface area contributed by atoms with Crippen LogP contribution in [-0.4, -0.2) is 27.9 Å². The number of aromatic nitrogens is 3. The average molecular weight is 389 g/mol. The summed E-state index contributed by atoms with van der Waals surface area (Å²) in [5.41, 5.74) is 3.00. The maximum atomic E-state index is 13.3. The molecule has 0 spiro atoms. The summed E-state index contributed by atoms with van der Waals surface area (Å²) in [6.45, 7) is 1.81. The number of carbonyl (C=O) groups is 1. The van der Waals surface area contributed by atoms with Crippen molar-refractivity contribution in [3.8, 4) is 11.5 Å². The molecule has 2 aromatic heterocycles. The first-order valence-electron chi connectivity index (χ1n) is 8.75. The van der Waals surface area contributed by atoms with Crippen LogP contribution < -0.4 is 15.4 Å². The summed E-state index contributed by atoms with van der Waals surface area (Å²) in [6, 6.07) is 15.2. The molecule has 29 heavy (non-hydrogen) atoms. The number of aromatic amines is 1. The summed E-state index contributed by atoms with van der Waals surface area (Å²) in [4.78, 5) is 23.3. The van der Waals surface area contributed by atoms with Crippen molar-refractivity contribution in [1.82, 2.24) is 20.3 Å². The molecule has 4 aromatic rings. The molecule has 4 rings (SSSR count). The van der Waals surface area contributed by atoms with Crippen LogP contribution in [0.2, 0.25) is 0 Å². The van der Waals surface area contributed by atoms with E-state index in [2.05, 4.69) is 37.7 Å². The molecular weight excluding hydrogens is 373 g/mol. The quantitative estimate of drug-likeness (QED) is 0.481. The lowest BCUT2D eigenvalue weighted by molar-refractivity contribution is 0.0958. The molecule has 1 amide bonds. The topological polar surface area (TPSA) is 91.9 Å². The number of hydrogen-bond acceptors (Lipinski definition) is 5. The minimum Gasteiger partial charge on any atom is -0.448 e. The van der Waals surface area contributed by atoms with Gasteiger partial charge in [-0.3, -0.25) is 9.78 Å². The molecule has 8 heteroatoms. The Balaban J connectivity index is 1.56. The lowest BCUT2D eigenvalue weighted by Gasteiger charge is -2.06. The molecule has 0 atom stereocenters. The summed E-state index contributed by atoms with van der Waals surface area (Å²) < 4.78 is 19.0. The fraction of sp³-hybridized carbons (Fsp3) is 0.0952. The van der Waals surface area contributed by atoms with Crippen molar-refractivity contribution < 1.29 is 13.9 Å². The van der Waals surface area contributed by atoms with E-state index in [-0.39, 0.29) is 17.4 Å². The Morgan fingerprint density at radius 3 is 2.86 bits per heavy atom. The molecule has 2 aromatic carbocycles. The van der Waals surface area contributed by atoms with Crippen molar-refractivity contribution in [3.05, 3.63) is 71.8 Å². The Labute approximate surface area is 166 Å². The van der Waals surface area contributed by atoms with E-state index >= 15 is 0 Å². The Kier molecular flexibility index (Phi) is 4.71. The van der Waals surface area contributed by atoms with E-state index in [1.807, 2.05) is 6.92 Å². The molecule has 0 aliphatic carbocycles. The van der Waals surface area contributed by atoms with E-state index in [1.165, 1.54) is 31.4 Å². The Morgan fingerprint density at radius 1 is 1.21 bits per heavy atom. The maximum absolute atomic E-state index is 13.3. The van der Waals surface area contributed by atoms with Gasteiger partial charge in [-0.1, -0.05) is 0 Å². The number of nitrogens with one attached hydrogen (secondary N) is 3. The third kappa shape index (κ3) is 3.94. The molecule has 0 bridgehead atoms. The zero-order valence-electron chi connectivity index (χ0n) is 15.6. The second-order valence-electron chi connectivity index (χ2n) is 6.25. The van der Waals surface area contributed by atoms with Crippen LogP contribution in [0.5, 0.6) is 11.5 Å². The second-order valence-corrected chi connectivity index (χ2v) is 6.25. The molecular formula is C21H16FN5O2. The number of nitrogens with zero attached hydrogens (tertiary/aromatic N) is 2. The van der Waals surface area contributed by atoms with Gasteiger partial charge in [0.05, 0.1) is 0 Å². The zero-order valence-corrected chi connectivity index (χ0v) is 15.6. The van der Waals surface area contributed by atoms with E-state index in [0.29, 0.717) is 28.5 Å². The fourth-order valence-electron chi connectivity index (χ4n) is 2.73. The molecule has 0 saturated carbocycles. The second kappa shape index (κ2) is 7.48. The van der Waals surface area contributed by atoms with Crippen molar-refractivity contribution in [2.75, 3.05) is 12.4 Å². The number of benzene rings is 1. The molecule has 2 heterocycles. The standard InChI is InChI=1S/C21H16FN5O2/c1-12-9-13(22)3-5-16(12)25-21-26-17-6-4-14(10-18(17)27-21)29-15-7-8-24-19(11-15)20(28)23-2/h3,5,7-11H,1-2H3,(H,23,28)(H2,25,26,27). The highest BCUT2D eigenvalue weighted by atomic mass is 19.1. The van der Waals surface area contributed by atoms with Gasteiger partial charge in [0.15, 0.2) is 5.75 Å². The first kappa shape index (κ1) is 18.3. The van der Waals surface area contributed by atoms with E-state index in [4.69, 9.17) is 4.74 Å². The van der Waals surface area contributed by atoms with Crippen LogP contribution in [0.4, 0.5) is 16.0 Å². The van der Waals surface area contributed by atoms with Crippen molar-refractivity contribution in [1.29, 1.82) is 0 Å². The summed E-state index contributed by atoms with van der Waals surface area (Å²) in [7, 11) is 1.53. The van der Waals surface area contributed by atoms with E-state index < -0.39 is 0 Å². The van der Waals surface area contributed by atoms with Crippen molar-refractivity contribution in [3.63, 3.8) is 0 Å². The normalized spacial score (nSPS) is 10.4. The SMILES string of the molecule is CNC(=O)c1cc(Oc2c#cc3[nH]c(Nc4ccc(F)cc4C)nc3c2)ccn1. The summed E-state index contributed by atoms with van der Waals surface area (Å²) >= 11 is 0. The number of hydrogen-bond donors (Lipinski definition) is 3. The monoisotopic (exact) mass is 389 g/mol. The van der Waals surface area contributed by atoms with E-state index in [0.717, 1.165) is 11.3 Å². The van der Waals surface area contributed by atoms with Crippen LogP contribution in [0.3, 0.4) is 0 Å².